The lowest BCUT2D eigenvalue weighted by atomic mass is 10.1. The second-order valence-corrected chi connectivity index (χ2v) is 6.69. The van der Waals surface area contributed by atoms with Gasteiger partial charge in [0.15, 0.2) is 0 Å². The van der Waals surface area contributed by atoms with Crippen LogP contribution in [0.25, 0.3) is 0 Å². The van der Waals surface area contributed by atoms with Crippen molar-refractivity contribution in [1.29, 1.82) is 0 Å². The van der Waals surface area contributed by atoms with Crippen molar-refractivity contribution in [3.63, 3.8) is 0 Å². The van der Waals surface area contributed by atoms with Crippen LogP contribution in [0.5, 0.6) is 0 Å². The Balaban J connectivity index is 2.69. The molecule has 108 valence electrons. The van der Waals surface area contributed by atoms with Gasteiger partial charge in [-0.05, 0) is 37.7 Å². The normalized spacial score (nSPS) is 11.8. The summed E-state index contributed by atoms with van der Waals surface area (Å²) in [5.74, 6) is 0.666. The van der Waals surface area contributed by atoms with Crippen LogP contribution in [-0.4, -0.2) is 43.5 Å². The standard InChI is InChI=1S/C15H26BrN3/c1-12(2)10-19(8-7-18(3)4)11-13-5-6-14(16)9-15(13)17/h5-6,9,12H,7-8,10-11,17H2,1-4H3. The van der Waals surface area contributed by atoms with E-state index in [1.54, 1.807) is 0 Å². The van der Waals surface area contributed by atoms with Crippen molar-refractivity contribution < 1.29 is 0 Å². The third-order valence-corrected chi connectivity index (χ3v) is 3.48. The fourth-order valence-electron chi connectivity index (χ4n) is 2.04. The number of rotatable bonds is 7. The molecular weight excluding hydrogens is 302 g/mol. The summed E-state index contributed by atoms with van der Waals surface area (Å²) in [4.78, 5) is 4.70. The van der Waals surface area contributed by atoms with E-state index in [2.05, 4.69) is 65.8 Å². The molecule has 0 radical (unpaired) electrons. The highest BCUT2D eigenvalue weighted by Gasteiger charge is 2.10. The lowest BCUT2D eigenvalue weighted by Gasteiger charge is -2.26. The first-order valence-electron chi connectivity index (χ1n) is 6.79. The lowest BCUT2D eigenvalue weighted by Crippen LogP contribution is -2.34. The van der Waals surface area contributed by atoms with Gasteiger partial charge in [-0.1, -0.05) is 35.8 Å². The van der Waals surface area contributed by atoms with E-state index >= 15 is 0 Å². The molecule has 19 heavy (non-hydrogen) atoms. The number of nitrogens with zero attached hydrogens (tertiary/aromatic N) is 2. The molecule has 0 aliphatic rings. The van der Waals surface area contributed by atoms with Crippen LogP contribution in [0.15, 0.2) is 22.7 Å². The van der Waals surface area contributed by atoms with E-state index in [4.69, 9.17) is 5.73 Å². The first kappa shape index (κ1) is 16.5. The van der Waals surface area contributed by atoms with E-state index in [1.165, 1.54) is 5.56 Å². The molecule has 2 N–H and O–H groups in total. The largest absolute Gasteiger partial charge is 0.398 e. The van der Waals surface area contributed by atoms with Crippen LogP contribution in [0.3, 0.4) is 0 Å². The minimum absolute atomic E-state index is 0.666. The number of hydrogen-bond acceptors (Lipinski definition) is 3. The molecule has 1 rings (SSSR count). The molecule has 0 saturated carbocycles. The average Bonchev–Trinajstić information content (AvgIpc) is 2.28. The van der Waals surface area contributed by atoms with Crippen LogP contribution in [0.2, 0.25) is 0 Å². The van der Waals surface area contributed by atoms with Gasteiger partial charge in [-0.25, -0.2) is 0 Å². The number of hydrogen-bond donors (Lipinski definition) is 1. The summed E-state index contributed by atoms with van der Waals surface area (Å²) >= 11 is 3.45. The van der Waals surface area contributed by atoms with E-state index in [0.717, 1.165) is 36.3 Å². The quantitative estimate of drug-likeness (QED) is 0.781. The maximum Gasteiger partial charge on any atom is 0.0371 e. The molecule has 0 saturated heterocycles. The second kappa shape index (κ2) is 7.88. The Kier molecular flexibility index (Phi) is 6.83. The Morgan fingerprint density at radius 2 is 1.89 bits per heavy atom. The van der Waals surface area contributed by atoms with Crippen LogP contribution in [-0.2, 0) is 6.54 Å². The van der Waals surface area contributed by atoms with Gasteiger partial charge < -0.3 is 10.6 Å². The Labute approximate surface area is 125 Å². The highest BCUT2D eigenvalue weighted by molar-refractivity contribution is 9.10. The van der Waals surface area contributed by atoms with Crippen LogP contribution in [0.1, 0.15) is 19.4 Å². The highest BCUT2D eigenvalue weighted by atomic mass is 79.9. The lowest BCUT2D eigenvalue weighted by molar-refractivity contribution is 0.212. The van der Waals surface area contributed by atoms with E-state index in [9.17, 15) is 0 Å². The minimum Gasteiger partial charge on any atom is -0.398 e. The molecule has 0 fully saturated rings. The molecule has 0 aromatic heterocycles. The number of halogens is 1. The fraction of sp³-hybridized carbons (Fsp3) is 0.600. The number of nitrogen functional groups attached to an aromatic ring is 1. The zero-order valence-electron chi connectivity index (χ0n) is 12.5. The Morgan fingerprint density at radius 3 is 2.42 bits per heavy atom. The number of likely N-dealkylation sites (N-methyl/N-ethyl adjacent to an activating group) is 1. The summed E-state index contributed by atoms with van der Waals surface area (Å²) in [6, 6.07) is 6.16. The Bertz CT molecular complexity index is 391. The predicted molar refractivity (Wildman–Crippen MR) is 87.2 cm³/mol. The monoisotopic (exact) mass is 327 g/mol. The summed E-state index contributed by atoms with van der Waals surface area (Å²) < 4.78 is 1.04. The van der Waals surface area contributed by atoms with Crippen LogP contribution in [0, 0.1) is 5.92 Å². The molecule has 0 bridgehead atoms. The van der Waals surface area contributed by atoms with Gasteiger partial charge in [-0.15, -0.1) is 0 Å². The molecule has 1 aromatic rings. The van der Waals surface area contributed by atoms with E-state index in [0.29, 0.717) is 5.92 Å². The van der Waals surface area contributed by atoms with Crippen molar-refractivity contribution >= 4 is 21.6 Å². The van der Waals surface area contributed by atoms with Gasteiger partial charge in [0.05, 0.1) is 0 Å². The molecule has 0 atom stereocenters. The first-order chi connectivity index (χ1) is 8.88. The van der Waals surface area contributed by atoms with Gasteiger partial charge in [0.25, 0.3) is 0 Å². The SMILES string of the molecule is CC(C)CN(CCN(C)C)Cc1ccc(Br)cc1N. The summed E-state index contributed by atoms with van der Waals surface area (Å²) in [5, 5.41) is 0. The topological polar surface area (TPSA) is 32.5 Å². The molecule has 3 nitrogen and oxygen atoms in total. The summed E-state index contributed by atoms with van der Waals surface area (Å²) in [5.41, 5.74) is 8.17. The number of anilines is 1. The van der Waals surface area contributed by atoms with Gasteiger partial charge in [0.2, 0.25) is 0 Å². The van der Waals surface area contributed by atoms with E-state index in [-0.39, 0.29) is 0 Å². The molecule has 0 amide bonds. The van der Waals surface area contributed by atoms with Crippen LogP contribution < -0.4 is 5.73 Å². The molecule has 1 aromatic carbocycles. The van der Waals surface area contributed by atoms with Crippen LogP contribution >= 0.6 is 15.9 Å². The number of nitrogens with two attached hydrogens (primary N) is 1. The maximum atomic E-state index is 6.09. The van der Waals surface area contributed by atoms with Crippen molar-refractivity contribution in [3.05, 3.63) is 28.2 Å². The minimum atomic E-state index is 0.666. The average molecular weight is 328 g/mol. The van der Waals surface area contributed by atoms with Crippen molar-refractivity contribution in [2.75, 3.05) is 39.5 Å². The van der Waals surface area contributed by atoms with E-state index < -0.39 is 0 Å². The fourth-order valence-corrected chi connectivity index (χ4v) is 2.42. The van der Waals surface area contributed by atoms with Crippen LogP contribution in [0.4, 0.5) is 5.69 Å². The molecule has 0 unspecified atom stereocenters. The molecular formula is C15H26BrN3. The molecule has 4 heteroatoms. The molecule has 0 spiro atoms. The summed E-state index contributed by atoms with van der Waals surface area (Å²) in [6.45, 7) is 8.68. The summed E-state index contributed by atoms with van der Waals surface area (Å²) in [7, 11) is 4.23. The van der Waals surface area contributed by atoms with E-state index in [1.807, 2.05) is 6.07 Å². The van der Waals surface area contributed by atoms with Crippen molar-refractivity contribution in [2.45, 2.75) is 20.4 Å². The maximum absolute atomic E-state index is 6.09. The number of benzene rings is 1. The van der Waals surface area contributed by atoms with Crippen molar-refractivity contribution in [2.24, 2.45) is 5.92 Å². The van der Waals surface area contributed by atoms with Crippen molar-refractivity contribution in [1.82, 2.24) is 9.80 Å². The zero-order valence-corrected chi connectivity index (χ0v) is 14.1. The zero-order chi connectivity index (χ0) is 14.4. The van der Waals surface area contributed by atoms with Gasteiger partial charge in [0, 0.05) is 36.3 Å². The first-order valence-corrected chi connectivity index (χ1v) is 7.58. The van der Waals surface area contributed by atoms with Gasteiger partial charge in [-0.2, -0.15) is 0 Å². The van der Waals surface area contributed by atoms with Gasteiger partial charge in [-0.3, -0.25) is 4.90 Å². The predicted octanol–water partition coefficient (Wildman–Crippen LogP) is 3.05. The smallest absolute Gasteiger partial charge is 0.0371 e. The third-order valence-electron chi connectivity index (χ3n) is 2.99. The molecule has 0 aliphatic heterocycles. The highest BCUT2D eigenvalue weighted by Crippen LogP contribution is 2.20. The summed E-state index contributed by atoms with van der Waals surface area (Å²) in [6.07, 6.45) is 0. The molecule has 0 aliphatic carbocycles. The molecule has 0 heterocycles. The van der Waals surface area contributed by atoms with Crippen molar-refractivity contribution in [3.8, 4) is 0 Å². The Hall–Kier alpha value is -0.580. The van der Waals surface area contributed by atoms with Gasteiger partial charge in [0.1, 0.15) is 0 Å². The van der Waals surface area contributed by atoms with Gasteiger partial charge >= 0.3 is 0 Å². The third kappa shape index (κ3) is 6.41. The Morgan fingerprint density at radius 1 is 1.21 bits per heavy atom. The second-order valence-electron chi connectivity index (χ2n) is 5.78.